The lowest BCUT2D eigenvalue weighted by Crippen LogP contribution is -2.12. The number of anilines is 1. The number of H-pyrrole nitrogens is 1. The molecule has 0 aliphatic carbocycles. The second-order valence-electron chi connectivity index (χ2n) is 4.45. The van der Waals surface area contributed by atoms with Crippen LogP contribution in [0.15, 0.2) is 42.5 Å². The number of amides is 1. The zero-order chi connectivity index (χ0) is 14.8. The number of carbonyl (C=O) groups excluding carboxylic acids is 1. The van der Waals surface area contributed by atoms with Gasteiger partial charge in [-0.25, -0.2) is 0 Å². The van der Waals surface area contributed by atoms with E-state index in [9.17, 15) is 4.79 Å². The Balaban J connectivity index is 1.90. The number of aromatic nitrogens is 2. The number of aromatic amines is 1. The van der Waals surface area contributed by atoms with E-state index >= 15 is 0 Å². The number of halogens is 1. The molecule has 21 heavy (non-hydrogen) atoms. The van der Waals surface area contributed by atoms with Gasteiger partial charge in [-0.05, 0) is 30.3 Å². The first-order valence-electron chi connectivity index (χ1n) is 6.26. The van der Waals surface area contributed by atoms with Crippen LogP contribution in [-0.2, 0) is 0 Å². The molecule has 0 aliphatic rings. The maximum absolute atomic E-state index is 12.3. The molecule has 106 valence electrons. The summed E-state index contributed by atoms with van der Waals surface area (Å²) < 4.78 is 5.12. The number of benzene rings is 2. The third-order valence-electron chi connectivity index (χ3n) is 3.07. The molecule has 2 aromatic carbocycles. The van der Waals surface area contributed by atoms with Crippen molar-refractivity contribution in [2.45, 2.75) is 0 Å². The van der Waals surface area contributed by atoms with Gasteiger partial charge in [0.15, 0.2) is 5.69 Å². The number of rotatable bonds is 3. The minimum atomic E-state index is -0.295. The molecule has 0 bridgehead atoms. The molecule has 0 fully saturated rings. The van der Waals surface area contributed by atoms with Crippen LogP contribution in [0.25, 0.3) is 10.9 Å². The highest BCUT2D eigenvalue weighted by atomic mass is 35.5. The Morgan fingerprint density at radius 2 is 2.14 bits per heavy atom. The van der Waals surface area contributed by atoms with Crippen LogP contribution in [0.1, 0.15) is 10.5 Å². The maximum Gasteiger partial charge on any atom is 0.276 e. The smallest absolute Gasteiger partial charge is 0.276 e. The van der Waals surface area contributed by atoms with Crippen molar-refractivity contribution < 1.29 is 9.53 Å². The normalized spacial score (nSPS) is 10.6. The van der Waals surface area contributed by atoms with E-state index in [0.29, 0.717) is 22.2 Å². The summed E-state index contributed by atoms with van der Waals surface area (Å²) in [4.78, 5) is 12.3. The van der Waals surface area contributed by atoms with Crippen LogP contribution in [0, 0.1) is 0 Å². The Kier molecular flexibility index (Phi) is 3.50. The van der Waals surface area contributed by atoms with Crippen LogP contribution < -0.4 is 10.1 Å². The van der Waals surface area contributed by atoms with E-state index in [1.807, 2.05) is 6.07 Å². The molecule has 6 heteroatoms. The SMILES string of the molecule is COc1cccc(NC(=O)c2n[nH]c3cc(Cl)ccc23)c1. The minimum absolute atomic E-state index is 0.295. The fourth-order valence-corrected chi connectivity index (χ4v) is 2.23. The molecule has 0 saturated heterocycles. The molecule has 3 aromatic rings. The fourth-order valence-electron chi connectivity index (χ4n) is 2.06. The second-order valence-corrected chi connectivity index (χ2v) is 4.88. The third kappa shape index (κ3) is 2.68. The standard InChI is InChI=1S/C15H12ClN3O2/c1-21-11-4-2-3-10(8-11)17-15(20)14-12-6-5-9(16)7-13(12)18-19-14/h2-8H,1H3,(H,17,20)(H,18,19). The van der Waals surface area contributed by atoms with E-state index in [0.717, 1.165) is 10.9 Å². The number of hydrogen-bond donors (Lipinski definition) is 2. The average molecular weight is 302 g/mol. The van der Waals surface area contributed by atoms with Gasteiger partial charge in [-0.2, -0.15) is 5.10 Å². The Bertz CT molecular complexity index is 814. The molecule has 5 nitrogen and oxygen atoms in total. The van der Waals surface area contributed by atoms with Crippen molar-refractivity contribution in [1.29, 1.82) is 0 Å². The summed E-state index contributed by atoms with van der Waals surface area (Å²) in [7, 11) is 1.58. The fraction of sp³-hybridized carbons (Fsp3) is 0.0667. The van der Waals surface area contributed by atoms with E-state index in [1.54, 1.807) is 43.5 Å². The molecule has 0 radical (unpaired) electrons. The molecule has 1 heterocycles. The molecule has 3 rings (SSSR count). The van der Waals surface area contributed by atoms with Crippen molar-refractivity contribution in [2.24, 2.45) is 0 Å². The van der Waals surface area contributed by atoms with Crippen molar-refractivity contribution in [3.8, 4) is 5.75 Å². The van der Waals surface area contributed by atoms with E-state index in [1.165, 1.54) is 0 Å². The quantitative estimate of drug-likeness (QED) is 0.778. The number of fused-ring (bicyclic) bond motifs is 1. The van der Waals surface area contributed by atoms with Crippen LogP contribution in [0.5, 0.6) is 5.75 Å². The molecule has 0 saturated carbocycles. The lowest BCUT2D eigenvalue weighted by atomic mass is 10.2. The van der Waals surface area contributed by atoms with Crippen molar-refractivity contribution in [3.63, 3.8) is 0 Å². The predicted molar refractivity (Wildman–Crippen MR) is 82.1 cm³/mol. The van der Waals surface area contributed by atoms with E-state index in [2.05, 4.69) is 15.5 Å². The third-order valence-corrected chi connectivity index (χ3v) is 3.30. The molecule has 0 spiro atoms. The largest absolute Gasteiger partial charge is 0.497 e. The Labute approximate surface area is 125 Å². The van der Waals surface area contributed by atoms with E-state index in [-0.39, 0.29) is 5.91 Å². The van der Waals surface area contributed by atoms with Crippen LogP contribution >= 0.6 is 11.6 Å². The summed E-state index contributed by atoms with van der Waals surface area (Å²) in [6.07, 6.45) is 0. The number of ether oxygens (including phenoxy) is 1. The van der Waals surface area contributed by atoms with Crippen molar-refractivity contribution >= 4 is 34.1 Å². The zero-order valence-corrected chi connectivity index (χ0v) is 11.9. The van der Waals surface area contributed by atoms with Crippen LogP contribution in [0.3, 0.4) is 0 Å². The molecule has 0 aliphatic heterocycles. The van der Waals surface area contributed by atoms with Gasteiger partial charge in [0.1, 0.15) is 5.75 Å². The van der Waals surface area contributed by atoms with E-state index in [4.69, 9.17) is 16.3 Å². The Hall–Kier alpha value is -2.53. The van der Waals surface area contributed by atoms with Crippen LogP contribution in [0.4, 0.5) is 5.69 Å². The number of nitrogens with one attached hydrogen (secondary N) is 2. The van der Waals surface area contributed by atoms with Gasteiger partial charge in [0.2, 0.25) is 0 Å². The summed E-state index contributed by atoms with van der Waals surface area (Å²) in [6.45, 7) is 0. The van der Waals surface area contributed by atoms with Gasteiger partial charge in [0.25, 0.3) is 5.91 Å². The maximum atomic E-state index is 12.3. The minimum Gasteiger partial charge on any atom is -0.497 e. The molecule has 2 N–H and O–H groups in total. The highest BCUT2D eigenvalue weighted by Gasteiger charge is 2.14. The first-order chi connectivity index (χ1) is 10.2. The Morgan fingerprint density at radius 3 is 2.95 bits per heavy atom. The van der Waals surface area contributed by atoms with Gasteiger partial charge in [-0.15, -0.1) is 0 Å². The highest BCUT2D eigenvalue weighted by molar-refractivity contribution is 6.31. The highest BCUT2D eigenvalue weighted by Crippen LogP contribution is 2.22. The lowest BCUT2D eigenvalue weighted by Gasteiger charge is -2.05. The van der Waals surface area contributed by atoms with Crippen LogP contribution in [-0.4, -0.2) is 23.2 Å². The molecule has 0 unspecified atom stereocenters. The molecular weight excluding hydrogens is 290 g/mol. The predicted octanol–water partition coefficient (Wildman–Crippen LogP) is 3.48. The molecule has 1 aromatic heterocycles. The lowest BCUT2D eigenvalue weighted by molar-refractivity contribution is 0.102. The van der Waals surface area contributed by atoms with Crippen molar-refractivity contribution in [3.05, 3.63) is 53.2 Å². The summed E-state index contributed by atoms with van der Waals surface area (Å²) in [5.74, 6) is 0.378. The van der Waals surface area contributed by atoms with Crippen LogP contribution in [0.2, 0.25) is 5.02 Å². The zero-order valence-electron chi connectivity index (χ0n) is 11.2. The van der Waals surface area contributed by atoms with Gasteiger partial charge in [0.05, 0.1) is 12.6 Å². The molecule has 0 atom stereocenters. The second kappa shape index (κ2) is 5.46. The number of methoxy groups -OCH3 is 1. The molecule has 1 amide bonds. The van der Waals surface area contributed by atoms with Crippen molar-refractivity contribution in [2.75, 3.05) is 12.4 Å². The summed E-state index contributed by atoms with van der Waals surface area (Å²) in [5.41, 5.74) is 1.69. The van der Waals surface area contributed by atoms with Gasteiger partial charge < -0.3 is 10.1 Å². The number of hydrogen-bond acceptors (Lipinski definition) is 3. The van der Waals surface area contributed by atoms with Gasteiger partial charge >= 0.3 is 0 Å². The summed E-state index contributed by atoms with van der Waals surface area (Å²) >= 11 is 5.91. The average Bonchev–Trinajstić information content (AvgIpc) is 2.90. The summed E-state index contributed by atoms with van der Waals surface area (Å²) in [6, 6.07) is 12.4. The monoisotopic (exact) mass is 301 g/mol. The topological polar surface area (TPSA) is 67.0 Å². The first-order valence-corrected chi connectivity index (χ1v) is 6.64. The van der Waals surface area contributed by atoms with E-state index < -0.39 is 0 Å². The van der Waals surface area contributed by atoms with Gasteiger partial charge in [0, 0.05) is 22.2 Å². The molecular formula is C15H12ClN3O2. The number of carbonyl (C=O) groups is 1. The van der Waals surface area contributed by atoms with Gasteiger partial charge in [-0.1, -0.05) is 17.7 Å². The Morgan fingerprint density at radius 1 is 1.29 bits per heavy atom. The van der Waals surface area contributed by atoms with Gasteiger partial charge in [-0.3, -0.25) is 9.89 Å². The number of nitrogens with zero attached hydrogens (tertiary/aromatic N) is 1. The van der Waals surface area contributed by atoms with Crippen molar-refractivity contribution in [1.82, 2.24) is 10.2 Å². The summed E-state index contributed by atoms with van der Waals surface area (Å²) in [5, 5.41) is 10.9. The first kappa shape index (κ1) is 13.5.